The van der Waals surface area contributed by atoms with E-state index in [-0.39, 0.29) is 17.7 Å². The van der Waals surface area contributed by atoms with Gasteiger partial charge in [0.05, 0.1) is 11.9 Å². The molecule has 1 amide bonds. The molecular formula is C31H29N5O3. The number of hydrogen-bond donors (Lipinski definition) is 2. The van der Waals surface area contributed by atoms with Crippen molar-refractivity contribution in [3.05, 3.63) is 102 Å². The Balaban J connectivity index is 1.13. The number of fused-ring (bicyclic) bond motifs is 1. The van der Waals surface area contributed by atoms with Crippen LogP contribution in [0.25, 0.3) is 16.9 Å². The Bertz CT molecular complexity index is 1610. The lowest BCUT2D eigenvalue weighted by Gasteiger charge is -2.33. The number of rotatable bonds is 6. The molecule has 5 aromatic rings. The third-order valence-electron chi connectivity index (χ3n) is 7.04. The summed E-state index contributed by atoms with van der Waals surface area (Å²) >= 11 is 0. The molecule has 1 fully saturated rings. The Hall–Kier alpha value is -4.85. The maximum absolute atomic E-state index is 13.2. The Morgan fingerprint density at radius 2 is 1.64 bits per heavy atom. The summed E-state index contributed by atoms with van der Waals surface area (Å²) in [5.41, 5.74) is 3.70. The van der Waals surface area contributed by atoms with Gasteiger partial charge in [-0.25, -0.2) is 4.98 Å². The largest absolute Gasteiger partial charge is 0.507 e. The highest BCUT2D eigenvalue weighted by atomic mass is 16.5. The molecule has 2 aromatic heterocycles. The van der Waals surface area contributed by atoms with Gasteiger partial charge in [-0.3, -0.25) is 4.79 Å². The maximum Gasteiger partial charge on any atom is 0.253 e. The van der Waals surface area contributed by atoms with E-state index in [1.807, 2.05) is 84.6 Å². The van der Waals surface area contributed by atoms with E-state index in [0.29, 0.717) is 35.7 Å². The molecule has 0 radical (unpaired) electrons. The molecule has 0 aliphatic carbocycles. The summed E-state index contributed by atoms with van der Waals surface area (Å²) in [6.07, 6.45) is 3.40. The first kappa shape index (κ1) is 24.5. The second-order valence-electron chi connectivity index (χ2n) is 9.76. The number of nitrogens with zero attached hydrogens (tertiary/aromatic N) is 4. The molecular weight excluding hydrogens is 490 g/mol. The smallest absolute Gasteiger partial charge is 0.253 e. The van der Waals surface area contributed by atoms with Gasteiger partial charge >= 0.3 is 0 Å². The molecule has 8 heteroatoms. The number of aromatic nitrogens is 3. The number of hydrogen-bond acceptors (Lipinski definition) is 6. The molecule has 0 spiro atoms. The highest BCUT2D eigenvalue weighted by Crippen LogP contribution is 2.31. The van der Waals surface area contributed by atoms with Crippen molar-refractivity contribution in [3.63, 3.8) is 0 Å². The van der Waals surface area contributed by atoms with Crippen LogP contribution in [-0.2, 0) is 0 Å². The second kappa shape index (κ2) is 10.5. The van der Waals surface area contributed by atoms with Crippen LogP contribution in [0.5, 0.6) is 17.2 Å². The van der Waals surface area contributed by atoms with Gasteiger partial charge in [-0.2, -0.15) is 9.61 Å². The number of amides is 1. The fraction of sp³-hybridized carbons (Fsp3) is 0.194. The van der Waals surface area contributed by atoms with Crippen LogP contribution in [-0.4, -0.2) is 49.6 Å². The van der Waals surface area contributed by atoms with Gasteiger partial charge in [-0.1, -0.05) is 30.3 Å². The number of carbonyl (C=O) groups excluding carboxylic acids is 1. The molecule has 1 aliphatic heterocycles. The lowest BCUT2D eigenvalue weighted by molar-refractivity contribution is 0.0718. The highest BCUT2D eigenvalue weighted by Gasteiger charge is 2.25. The molecule has 0 saturated carbocycles. The Morgan fingerprint density at radius 1 is 0.949 bits per heavy atom. The Labute approximate surface area is 226 Å². The van der Waals surface area contributed by atoms with Gasteiger partial charge in [0.2, 0.25) is 0 Å². The number of benzene rings is 3. The first-order valence-corrected chi connectivity index (χ1v) is 13.1. The SMILES string of the molecule is Cc1cnn2c(NC3CCN(C(=O)c4ccc(Oc5ccccc5)cc4)CC3)cc(-c3ccccc3O)nc12. The van der Waals surface area contributed by atoms with Gasteiger partial charge < -0.3 is 20.1 Å². The summed E-state index contributed by atoms with van der Waals surface area (Å²) < 4.78 is 7.65. The van der Waals surface area contributed by atoms with Crippen molar-refractivity contribution in [1.29, 1.82) is 0 Å². The van der Waals surface area contributed by atoms with Crippen LogP contribution in [0, 0.1) is 6.92 Å². The van der Waals surface area contributed by atoms with Gasteiger partial charge in [-0.15, -0.1) is 0 Å². The predicted octanol–water partition coefficient (Wildman–Crippen LogP) is 5.92. The molecule has 6 rings (SSSR count). The number of likely N-dealkylation sites (tertiary alicyclic amines) is 1. The number of ether oxygens (including phenoxy) is 1. The van der Waals surface area contributed by atoms with Crippen molar-refractivity contribution in [2.45, 2.75) is 25.8 Å². The minimum Gasteiger partial charge on any atom is -0.507 e. The van der Waals surface area contributed by atoms with Gasteiger partial charge in [0, 0.05) is 41.9 Å². The zero-order valence-electron chi connectivity index (χ0n) is 21.6. The summed E-state index contributed by atoms with van der Waals surface area (Å²) in [6, 6.07) is 26.2. The molecule has 1 saturated heterocycles. The van der Waals surface area contributed by atoms with Gasteiger partial charge in [0.1, 0.15) is 23.1 Å². The lowest BCUT2D eigenvalue weighted by Crippen LogP contribution is -2.42. The molecule has 8 nitrogen and oxygen atoms in total. The number of nitrogens with one attached hydrogen (secondary N) is 1. The van der Waals surface area contributed by atoms with E-state index in [9.17, 15) is 9.90 Å². The minimum absolute atomic E-state index is 0.0237. The monoisotopic (exact) mass is 519 g/mol. The topological polar surface area (TPSA) is 92.0 Å². The number of anilines is 1. The third kappa shape index (κ3) is 5.13. The molecule has 3 aromatic carbocycles. The van der Waals surface area contributed by atoms with Crippen molar-refractivity contribution >= 4 is 17.4 Å². The van der Waals surface area contributed by atoms with Crippen LogP contribution in [0.4, 0.5) is 5.82 Å². The number of aromatic hydroxyl groups is 1. The van der Waals surface area contributed by atoms with Crippen LogP contribution in [0.1, 0.15) is 28.8 Å². The summed E-state index contributed by atoms with van der Waals surface area (Å²) in [7, 11) is 0. The van der Waals surface area contributed by atoms with Crippen LogP contribution < -0.4 is 10.1 Å². The quantitative estimate of drug-likeness (QED) is 0.289. The van der Waals surface area contributed by atoms with E-state index >= 15 is 0 Å². The standard InChI is InChI=1S/C31H29N5O3/c1-21-20-32-36-29(19-27(34-30(21)36)26-9-5-6-10-28(26)37)33-23-15-17-35(18-16-23)31(38)22-11-13-25(14-12-22)39-24-7-3-2-4-8-24/h2-14,19-20,23,33,37H,15-18H2,1H3. The van der Waals surface area contributed by atoms with Crippen molar-refractivity contribution in [2.24, 2.45) is 0 Å². The number of aryl methyl sites for hydroxylation is 1. The van der Waals surface area contributed by atoms with E-state index in [2.05, 4.69) is 10.4 Å². The van der Waals surface area contributed by atoms with E-state index in [4.69, 9.17) is 9.72 Å². The molecule has 39 heavy (non-hydrogen) atoms. The normalized spacial score (nSPS) is 13.9. The molecule has 196 valence electrons. The zero-order valence-corrected chi connectivity index (χ0v) is 21.6. The predicted molar refractivity (Wildman–Crippen MR) is 150 cm³/mol. The molecule has 0 atom stereocenters. The van der Waals surface area contributed by atoms with Gasteiger partial charge in [0.25, 0.3) is 5.91 Å². The van der Waals surface area contributed by atoms with Gasteiger partial charge in [0.15, 0.2) is 5.65 Å². The van der Waals surface area contributed by atoms with Crippen LogP contribution in [0.3, 0.4) is 0 Å². The highest BCUT2D eigenvalue weighted by molar-refractivity contribution is 5.94. The number of piperidine rings is 1. The van der Waals surface area contributed by atoms with Crippen LogP contribution in [0.15, 0.2) is 91.1 Å². The number of para-hydroxylation sites is 2. The summed E-state index contributed by atoms with van der Waals surface area (Å²) in [5, 5.41) is 18.5. The lowest BCUT2D eigenvalue weighted by atomic mass is 10.0. The minimum atomic E-state index is 0.0237. The fourth-order valence-electron chi connectivity index (χ4n) is 4.91. The number of carbonyl (C=O) groups is 1. The zero-order chi connectivity index (χ0) is 26.8. The van der Waals surface area contributed by atoms with Crippen LogP contribution in [0.2, 0.25) is 0 Å². The first-order valence-electron chi connectivity index (χ1n) is 13.1. The molecule has 1 aliphatic rings. The molecule has 2 N–H and O–H groups in total. The van der Waals surface area contributed by atoms with Crippen molar-refractivity contribution < 1.29 is 14.6 Å². The number of phenols is 1. The van der Waals surface area contributed by atoms with E-state index in [1.165, 1.54) is 0 Å². The average Bonchev–Trinajstić information content (AvgIpc) is 3.35. The van der Waals surface area contributed by atoms with E-state index in [0.717, 1.165) is 35.6 Å². The Kier molecular flexibility index (Phi) is 6.59. The average molecular weight is 520 g/mol. The summed E-state index contributed by atoms with van der Waals surface area (Å²) in [4.78, 5) is 19.8. The summed E-state index contributed by atoms with van der Waals surface area (Å²) in [5.74, 6) is 2.47. The molecule has 0 unspecified atom stereocenters. The Morgan fingerprint density at radius 3 is 2.38 bits per heavy atom. The summed E-state index contributed by atoms with van der Waals surface area (Å²) in [6.45, 7) is 3.27. The maximum atomic E-state index is 13.2. The van der Waals surface area contributed by atoms with Crippen molar-refractivity contribution in [3.8, 4) is 28.5 Å². The van der Waals surface area contributed by atoms with E-state index < -0.39 is 0 Å². The van der Waals surface area contributed by atoms with Crippen molar-refractivity contribution in [1.82, 2.24) is 19.5 Å². The first-order chi connectivity index (χ1) is 19.0. The molecule has 0 bridgehead atoms. The number of phenolic OH excluding ortho intramolecular Hbond substituents is 1. The van der Waals surface area contributed by atoms with Crippen molar-refractivity contribution in [2.75, 3.05) is 18.4 Å². The fourth-order valence-corrected chi connectivity index (χ4v) is 4.91. The molecule has 3 heterocycles. The third-order valence-corrected chi connectivity index (χ3v) is 7.04. The second-order valence-corrected chi connectivity index (χ2v) is 9.76. The van der Waals surface area contributed by atoms with E-state index in [1.54, 1.807) is 22.8 Å². The van der Waals surface area contributed by atoms with Gasteiger partial charge in [-0.05, 0) is 68.3 Å². The van der Waals surface area contributed by atoms with Crippen LogP contribution >= 0.6 is 0 Å².